The summed E-state index contributed by atoms with van der Waals surface area (Å²) in [6, 6.07) is 3.37. The van der Waals surface area contributed by atoms with E-state index in [1.54, 1.807) is 52.8 Å². The van der Waals surface area contributed by atoms with Crippen LogP contribution < -0.4 is 14.2 Å². The van der Waals surface area contributed by atoms with Gasteiger partial charge in [-0.2, -0.15) is 0 Å². The first kappa shape index (κ1) is 21.0. The summed E-state index contributed by atoms with van der Waals surface area (Å²) in [6.45, 7) is 8.58. The van der Waals surface area contributed by atoms with Gasteiger partial charge in [0.1, 0.15) is 6.10 Å². The minimum absolute atomic E-state index is 0.0649. The van der Waals surface area contributed by atoms with Crippen LogP contribution >= 0.6 is 0 Å². The van der Waals surface area contributed by atoms with Crippen molar-refractivity contribution in [1.82, 2.24) is 0 Å². The lowest BCUT2D eigenvalue weighted by Gasteiger charge is -2.26. The number of esters is 2. The maximum Gasteiger partial charge on any atom is 0.341 e. The molecule has 8 heteroatoms. The molecule has 3 rings (SSSR count). The van der Waals surface area contributed by atoms with Crippen LogP contribution in [0.5, 0.6) is 17.2 Å². The van der Waals surface area contributed by atoms with E-state index in [0.29, 0.717) is 28.4 Å². The zero-order chi connectivity index (χ0) is 21.3. The molecule has 29 heavy (non-hydrogen) atoms. The molecular formula is C21H26O8. The Labute approximate surface area is 169 Å². The molecule has 4 atom stereocenters. The van der Waals surface area contributed by atoms with Gasteiger partial charge in [-0.25, -0.2) is 9.59 Å². The molecule has 0 aromatic heterocycles. The van der Waals surface area contributed by atoms with E-state index >= 15 is 0 Å². The van der Waals surface area contributed by atoms with Gasteiger partial charge in [0.15, 0.2) is 23.2 Å². The Hall–Kier alpha value is -2.74. The molecule has 2 aliphatic heterocycles. The monoisotopic (exact) mass is 406 g/mol. The number of benzene rings is 1. The Morgan fingerprint density at radius 2 is 1.97 bits per heavy atom. The minimum Gasteiger partial charge on any atom is -0.493 e. The molecule has 0 saturated carbocycles. The average molecular weight is 406 g/mol. The lowest BCUT2D eigenvalue weighted by molar-refractivity contribution is -0.168. The highest BCUT2D eigenvalue weighted by Crippen LogP contribution is 2.44. The number of epoxide rings is 1. The topological polar surface area (TPSA) is 92.8 Å². The van der Waals surface area contributed by atoms with E-state index < -0.39 is 29.7 Å². The second kappa shape index (κ2) is 7.94. The maximum absolute atomic E-state index is 12.5. The van der Waals surface area contributed by atoms with Crippen LogP contribution in [0.3, 0.4) is 0 Å². The fraction of sp³-hybridized carbons (Fsp3) is 0.524. The van der Waals surface area contributed by atoms with Crippen molar-refractivity contribution in [1.29, 1.82) is 0 Å². The number of hydrogen-bond acceptors (Lipinski definition) is 8. The first-order valence-electron chi connectivity index (χ1n) is 9.41. The Morgan fingerprint density at radius 1 is 1.28 bits per heavy atom. The Morgan fingerprint density at radius 3 is 2.55 bits per heavy atom. The standard InChI is InChI=1S/C21H26O8/c1-7-11(2)19(22)28-17(12(3)27-20(23)21(5)13(4)29-21)14-8-15(24-6)18-16(9-14)25-10-26-18/h7-9,12-13,17H,10H2,1-6H3/b11-7-/t12-,13?,17-,21?/m1/s1. The van der Waals surface area contributed by atoms with Gasteiger partial charge in [-0.15, -0.1) is 0 Å². The normalized spacial score (nSPS) is 24.5. The molecule has 1 saturated heterocycles. The third kappa shape index (κ3) is 4.03. The van der Waals surface area contributed by atoms with Gasteiger partial charge in [0, 0.05) is 11.1 Å². The number of carbonyl (C=O) groups excluding carboxylic acids is 2. The molecule has 0 radical (unpaired) electrons. The first-order valence-corrected chi connectivity index (χ1v) is 9.41. The van der Waals surface area contributed by atoms with Crippen LogP contribution in [-0.2, 0) is 23.8 Å². The Balaban J connectivity index is 1.91. The molecule has 2 aliphatic rings. The van der Waals surface area contributed by atoms with Gasteiger partial charge < -0.3 is 28.4 Å². The van der Waals surface area contributed by atoms with Gasteiger partial charge in [0.2, 0.25) is 12.5 Å². The third-order valence-corrected chi connectivity index (χ3v) is 5.26. The predicted molar refractivity (Wildman–Crippen MR) is 102 cm³/mol. The summed E-state index contributed by atoms with van der Waals surface area (Å²) in [7, 11) is 1.50. The number of rotatable bonds is 7. The molecule has 0 N–H and O–H groups in total. The smallest absolute Gasteiger partial charge is 0.341 e. The molecule has 1 aromatic rings. The van der Waals surface area contributed by atoms with Crippen LogP contribution in [0.4, 0.5) is 0 Å². The number of fused-ring (bicyclic) bond motifs is 1. The van der Waals surface area contributed by atoms with Gasteiger partial charge in [-0.3, -0.25) is 0 Å². The lowest BCUT2D eigenvalue weighted by atomic mass is 10.0. The summed E-state index contributed by atoms with van der Waals surface area (Å²) >= 11 is 0. The molecule has 2 heterocycles. The van der Waals surface area contributed by atoms with Gasteiger partial charge in [-0.1, -0.05) is 6.08 Å². The largest absolute Gasteiger partial charge is 0.493 e. The van der Waals surface area contributed by atoms with Crippen molar-refractivity contribution in [2.75, 3.05) is 13.9 Å². The number of hydrogen-bond donors (Lipinski definition) is 0. The highest BCUT2D eigenvalue weighted by molar-refractivity contribution is 5.88. The molecule has 0 spiro atoms. The fourth-order valence-electron chi connectivity index (χ4n) is 2.97. The van der Waals surface area contributed by atoms with Crippen molar-refractivity contribution in [3.63, 3.8) is 0 Å². The molecule has 2 unspecified atom stereocenters. The maximum atomic E-state index is 12.5. The van der Waals surface area contributed by atoms with E-state index in [9.17, 15) is 9.59 Å². The van der Waals surface area contributed by atoms with Crippen LogP contribution in [0, 0.1) is 0 Å². The summed E-state index contributed by atoms with van der Waals surface area (Å²) < 4.78 is 32.9. The molecule has 1 aromatic carbocycles. The van der Waals surface area contributed by atoms with Gasteiger partial charge >= 0.3 is 11.9 Å². The van der Waals surface area contributed by atoms with Crippen molar-refractivity contribution in [3.05, 3.63) is 29.3 Å². The summed E-state index contributed by atoms with van der Waals surface area (Å²) in [6.07, 6.45) is -0.243. The second-order valence-corrected chi connectivity index (χ2v) is 7.23. The van der Waals surface area contributed by atoms with E-state index in [0.717, 1.165) is 0 Å². The first-order chi connectivity index (χ1) is 13.7. The quantitative estimate of drug-likeness (QED) is 0.387. The summed E-state index contributed by atoms with van der Waals surface area (Å²) in [5.74, 6) is 0.354. The molecular weight excluding hydrogens is 380 g/mol. The van der Waals surface area contributed by atoms with Crippen LogP contribution in [0.1, 0.15) is 46.3 Å². The average Bonchev–Trinajstić information content (AvgIpc) is 3.09. The minimum atomic E-state index is -0.978. The zero-order valence-corrected chi connectivity index (χ0v) is 17.4. The van der Waals surface area contributed by atoms with E-state index in [-0.39, 0.29) is 12.9 Å². The van der Waals surface area contributed by atoms with Crippen LogP contribution in [-0.4, -0.2) is 43.7 Å². The van der Waals surface area contributed by atoms with Gasteiger partial charge in [-0.05, 0) is 46.8 Å². The molecule has 0 bridgehead atoms. The number of allylic oxidation sites excluding steroid dienone is 1. The SMILES string of the molecule is C/C=C(/C)C(=O)O[C@@H](c1cc(OC)c2c(c1)OCO2)[C@@H](C)OC(=O)C1(C)OC1C. The highest BCUT2D eigenvalue weighted by Gasteiger charge is 2.57. The second-order valence-electron chi connectivity index (χ2n) is 7.23. The molecule has 158 valence electrons. The molecule has 0 amide bonds. The van der Waals surface area contributed by atoms with Gasteiger partial charge in [0.05, 0.1) is 13.2 Å². The zero-order valence-electron chi connectivity index (χ0n) is 17.4. The van der Waals surface area contributed by atoms with E-state index in [1.807, 2.05) is 0 Å². The lowest BCUT2D eigenvalue weighted by Crippen LogP contribution is -2.33. The van der Waals surface area contributed by atoms with Gasteiger partial charge in [0.25, 0.3) is 0 Å². The predicted octanol–water partition coefficient (Wildman–Crippen LogP) is 3.08. The fourth-order valence-corrected chi connectivity index (χ4v) is 2.97. The third-order valence-electron chi connectivity index (χ3n) is 5.26. The summed E-state index contributed by atoms with van der Waals surface area (Å²) in [4.78, 5) is 25.0. The molecule has 1 fully saturated rings. The van der Waals surface area contributed by atoms with E-state index in [1.165, 1.54) is 7.11 Å². The van der Waals surface area contributed by atoms with E-state index in [2.05, 4.69) is 0 Å². The van der Waals surface area contributed by atoms with Crippen molar-refractivity contribution in [2.45, 2.75) is 58.5 Å². The number of methoxy groups -OCH3 is 1. The number of carbonyl (C=O) groups is 2. The number of ether oxygens (including phenoxy) is 6. The molecule has 0 aliphatic carbocycles. The van der Waals surface area contributed by atoms with Crippen molar-refractivity contribution in [3.8, 4) is 17.2 Å². The van der Waals surface area contributed by atoms with Crippen molar-refractivity contribution >= 4 is 11.9 Å². The van der Waals surface area contributed by atoms with Crippen molar-refractivity contribution < 1.29 is 38.0 Å². The van der Waals surface area contributed by atoms with Crippen molar-refractivity contribution in [2.24, 2.45) is 0 Å². The van der Waals surface area contributed by atoms with Crippen LogP contribution in [0.2, 0.25) is 0 Å². The Bertz CT molecular complexity index is 845. The Kier molecular flexibility index (Phi) is 5.75. The molecule has 8 nitrogen and oxygen atoms in total. The van der Waals surface area contributed by atoms with Crippen LogP contribution in [0.15, 0.2) is 23.8 Å². The van der Waals surface area contributed by atoms with E-state index in [4.69, 9.17) is 28.4 Å². The van der Waals surface area contributed by atoms with Crippen LogP contribution in [0.25, 0.3) is 0 Å². The highest BCUT2D eigenvalue weighted by atomic mass is 16.7. The summed E-state index contributed by atoms with van der Waals surface area (Å²) in [5.41, 5.74) is 0.0140. The summed E-state index contributed by atoms with van der Waals surface area (Å²) in [5, 5.41) is 0.